The van der Waals surface area contributed by atoms with E-state index >= 15 is 0 Å². The monoisotopic (exact) mass is 475 g/mol. The third-order valence-corrected chi connectivity index (χ3v) is 6.05. The molecule has 168 valence electrons. The lowest BCUT2D eigenvalue weighted by Crippen LogP contribution is -2.36. The van der Waals surface area contributed by atoms with E-state index in [2.05, 4.69) is 15.2 Å². The number of halogens is 2. The number of morpholine rings is 1. The van der Waals surface area contributed by atoms with Gasteiger partial charge < -0.3 is 24.4 Å². The molecule has 1 aromatic heterocycles. The van der Waals surface area contributed by atoms with E-state index < -0.39 is 5.97 Å². The number of carbonyl (C=O) groups is 1. The molecule has 1 fully saturated rings. The number of hydrogen-bond acceptors (Lipinski definition) is 7. The summed E-state index contributed by atoms with van der Waals surface area (Å²) in [5.74, 6) is 0.216. The van der Waals surface area contributed by atoms with Gasteiger partial charge in [0.25, 0.3) is 0 Å². The minimum Gasteiger partial charge on any atom is -0.495 e. The molecule has 4 rings (SSSR count). The summed E-state index contributed by atoms with van der Waals surface area (Å²) in [5.41, 5.74) is 2.96. The fourth-order valence-electron chi connectivity index (χ4n) is 3.66. The summed E-state index contributed by atoms with van der Waals surface area (Å²) < 4.78 is 16.4. The van der Waals surface area contributed by atoms with Crippen LogP contribution in [0.25, 0.3) is 10.9 Å². The number of anilines is 3. The molecule has 32 heavy (non-hydrogen) atoms. The van der Waals surface area contributed by atoms with Crippen molar-refractivity contribution >= 4 is 57.1 Å². The predicted octanol–water partition coefficient (Wildman–Crippen LogP) is 5.31. The fraction of sp³-hybridized carbons (Fsp3) is 0.304. The topological polar surface area (TPSA) is 72.9 Å². The van der Waals surface area contributed by atoms with E-state index in [4.69, 9.17) is 37.4 Å². The largest absolute Gasteiger partial charge is 0.495 e. The van der Waals surface area contributed by atoms with Gasteiger partial charge >= 0.3 is 5.97 Å². The van der Waals surface area contributed by atoms with E-state index in [9.17, 15) is 4.79 Å². The van der Waals surface area contributed by atoms with Gasteiger partial charge in [-0.25, -0.2) is 4.79 Å². The molecule has 0 saturated carbocycles. The molecular weight excluding hydrogens is 453 g/mol. The quantitative estimate of drug-likeness (QED) is 0.484. The minimum absolute atomic E-state index is 0.246. The average Bonchev–Trinajstić information content (AvgIpc) is 2.82. The van der Waals surface area contributed by atoms with E-state index in [0.29, 0.717) is 51.5 Å². The van der Waals surface area contributed by atoms with Crippen LogP contribution in [0.1, 0.15) is 17.3 Å². The first-order chi connectivity index (χ1) is 15.5. The third kappa shape index (κ3) is 4.41. The van der Waals surface area contributed by atoms with Crippen LogP contribution in [-0.2, 0) is 9.47 Å². The molecule has 2 heterocycles. The first-order valence-corrected chi connectivity index (χ1v) is 11.0. The summed E-state index contributed by atoms with van der Waals surface area (Å²) in [6, 6.07) is 9.11. The van der Waals surface area contributed by atoms with Crippen LogP contribution in [0.5, 0.6) is 5.75 Å². The van der Waals surface area contributed by atoms with E-state index in [1.165, 1.54) is 6.20 Å². The zero-order valence-corrected chi connectivity index (χ0v) is 19.3. The number of nitrogens with zero attached hydrogens (tertiary/aromatic N) is 2. The summed E-state index contributed by atoms with van der Waals surface area (Å²) in [5, 5.41) is 4.78. The van der Waals surface area contributed by atoms with Crippen molar-refractivity contribution in [3.05, 3.63) is 52.1 Å². The second-order valence-electron chi connectivity index (χ2n) is 7.13. The number of methoxy groups -OCH3 is 1. The Labute approximate surface area is 196 Å². The highest BCUT2D eigenvalue weighted by Gasteiger charge is 2.22. The highest BCUT2D eigenvalue weighted by atomic mass is 35.5. The molecule has 1 saturated heterocycles. The van der Waals surface area contributed by atoms with Crippen molar-refractivity contribution in [1.82, 2.24) is 4.98 Å². The molecule has 0 atom stereocenters. The molecule has 0 bridgehead atoms. The summed E-state index contributed by atoms with van der Waals surface area (Å²) in [6.45, 7) is 4.73. The second kappa shape index (κ2) is 9.81. The lowest BCUT2D eigenvalue weighted by atomic mass is 10.1. The Morgan fingerprint density at radius 3 is 2.75 bits per heavy atom. The number of aromatic nitrogens is 1. The Bertz CT molecular complexity index is 1150. The van der Waals surface area contributed by atoms with Crippen molar-refractivity contribution < 1.29 is 19.0 Å². The van der Waals surface area contributed by atoms with Crippen LogP contribution in [-0.4, -0.2) is 51.0 Å². The molecular formula is C23H23Cl2N3O4. The molecule has 0 unspecified atom stereocenters. The maximum atomic E-state index is 12.7. The molecule has 9 heteroatoms. The molecule has 3 aromatic rings. The molecule has 0 spiro atoms. The number of pyridine rings is 1. The molecule has 7 nitrogen and oxygen atoms in total. The zero-order valence-electron chi connectivity index (χ0n) is 17.8. The van der Waals surface area contributed by atoms with Crippen LogP contribution in [0.4, 0.5) is 17.1 Å². The maximum Gasteiger partial charge on any atom is 0.341 e. The smallest absolute Gasteiger partial charge is 0.341 e. The van der Waals surface area contributed by atoms with Crippen molar-refractivity contribution in [2.45, 2.75) is 6.92 Å². The molecule has 1 aliphatic heterocycles. The Morgan fingerprint density at radius 1 is 1.25 bits per heavy atom. The van der Waals surface area contributed by atoms with Gasteiger partial charge in [-0.3, -0.25) is 4.98 Å². The maximum absolute atomic E-state index is 12.7. The van der Waals surface area contributed by atoms with Crippen molar-refractivity contribution in [2.75, 3.05) is 50.2 Å². The van der Waals surface area contributed by atoms with E-state index in [1.807, 2.05) is 12.1 Å². The van der Waals surface area contributed by atoms with Crippen LogP contribution in [0, 0.1) is 0 Å². The number of esters is 1. The molecule has 0 amide bonds. The average molecular weight is 476 g/mol. The number of hydrogen-bond donors (Lipinski definition) is 1. The second-order valence-corrected chi connectivity index (χ2v) is 7.92. The van der Waals surface area contributed by atoms with Crippen LogP contribution in [0.15, 0.2) is 36.5 Å². The van der Waals surface area contributed by atoms with E-state index in [1.54, 1.807) is 32.2 Å². The number of rotatable bonds is 6. The van der Waals surface area contributed by atoms with Gasteiger partial charge in [0.15, 0.2) is 0 Å². The number of fused-ring (bicyclic) bond motifs is 1. The lowest BCUT2D eigenvalue weighted by molar-refractivity contribution is 0.0527. The first kappa shape index (κ1) is 22.5. The normalized spacial score (nSPS) is 13.8. The van der Waals surface area contributed by atoms with Crippen molar-refractivity contribution in [3.8, 4) is 5.75 Å². The Hall–Kier alpha value is -2.74. The molecule has 2 aromatic carbocycles. The zero-order chi connectivity index (χ0) is 22.7. The number of nitrogens with one attached hydrogen (secondary N) is 1. The van der Waals surface area contributed by atoms with Gasteiger partial charge in [0.1, 0.15) is 11.3 Å². The van der Waals surface area contributed by atoms with Gasteiger partial charge in [-0.15, -0.1) is 0 Å². The van der Waals surface area contributed by atoms with Crippen molar-refractivity contribution in [3.63, 3.8) is 0 Å². The Balaban J connectivity index is 1.92. The Kier molecular flexibility index (Phi) is 6.89. The minimum atomic E-state index is -0.480. The number of benzene rings is 2. The van der Waals surface area contributed by atoms with Gasteiger partial charge in [-0.05, 0) is 25.1 Å². The summed E-state index contributed by atoms with van der Waals surface area (Å²) in [4.78, 5) is 19.4. The summed E-state index contributed by atoms with van der Waals surface area (Å²) >= 11 is 12.6. The van der Waals surface area contributed by atoms with Gasteiger partial charge in [-0.1, -0.05) is 29.3 Å². The van der Waals surface area contributed by atoms with Crippen molar-refractivity contribution in [2.24, 2.45) is 0 Å². The molecule has 0 aliphatic carbocycles. The number of carbonyl (C=O) groups excluding carboxylic acids is 1. The summed E-state index contributed by atoms with van der Waals surface area (Å²) in [7, 11) is 1.63. The highest BCUT2D eigenvalue weighted by Crippen LogP contribution is 2.40. The third-order valence-electron chi connectivity index (χ3n) is 5.23. The Morgan fingerprint density at radius 2 is 2.03 bits per heavy atom. The van der Waals surface area contributed by atoms with E-state index in [0.717, 1.165) is 24.2 Å². The van der Waals surface area contributed by atoms with Crippen LogP contribution < -0.4 is 15.0 Å². The summed E-state index contributed by atoms with van der Waals surface area (Å²) in [6.07, 6.45) is 1.49. The van der Waals surface area contributed by atoms with Crippen LogP contribution in [0.2, 0.25) is 10.0 Å². The van der Waals surface area contributed by atoms with Gasteiger partial charge in [0.2, 0.25) is 0 Å². The van der Waals surface area contributed by atoms with Gasteiger partial charge in [0, 0.05) is 30.7 Å². The molecule has 1 aliphatic rings. The van der Waals surface area contributed by atoms with Gasteiger partial charge in [0.05, 0.1) is 59.6 Å². The molecule has 1 N–H and O–H groups in total. The first-order valence-electron chi connectivity index (χ1n) is 10.2. The predicted molar refractivity (Wildman–Crippen MR) is 127 cm³/mol. The fourth-order valence-corrected chi connectivity index (χ4v) is 4.00. The lowest BCUT2D eigenvalue weighted by Gasteiger charge is -2.30. The SMILES string of the molecule is CCOC(=O)c1cnc2cc(OC)c(N3CCOCC3)cc2c1Nc1cccc(Cl)c1Cl. The number of ether oxygens (including phenoxy) is 3. The highest BCUT2D eigenvalue weighted by molar-refractivity contribution is 6.43. The van der Waals surface area contributed by atoms with Crippen molar-refractivity contribution in [1.29, 1.82) is 0 Å². The van der Waals surface area contributed by atoms with Crippen LogP contribution in [0.3, 0.4) is 0 Å². The van der Waals surface area contributed by atoms with Gasteiger partial charge in [-0.2, -0.15) is 0 Å². The standard InChI is InChI=1S/C23H23Cl2N3O4/c1-3-32-23(29)15-13-26-18-12-20(30-2)19(28-7-9-31-10-8-28)11-14(18)22(15)27-17-6-4-5-16(24)21(17)25/h4-6,11-13H,3,7-10H2,1-2H3,(H,26,27). The van der Waals surface area contributed by atoms with Crippen LogP contribution >= 0.6 is 23.2 Å². The molecule has 0 radical (unpaired) electrons. The van der Waals surface area contributed by atoms with E-state index in [-0.39, 0.29) is 6.61 Å².